The summed E-state index contributed by atoms with van der Waals surface area (Å²) in [5.74, 6) is 0. The lowest BCUT2D eigenvalue weighted by atomic mass is 9.87. The van der Waals surface area contributed by atoms with Crippen LogP contribution in [0.25, 0.3) is 0 Å². The molecule has 2 aromatic carbocycles. The summed E-state index contributed by atoms with van der Waals surface area (Å²) in [5.41, 5.74) is -0.217. The van der Waals surface area contributed by atoms with Crippen molar-refractivity contribution in [3.8, 4) is 0 Å². The van der Waals surface area contributed by atoms with E-state index in [2.05, 4.69) is 0 Å². The number of rotatable bonds is 4. The Kier molecular flexibility index (Phi) is 3.82. The molecule has 2 rings (SSSR count). The van der Waals surface area contributed by atoms with Crippen LogP contribution in [0, 0.1) is 0 Å². The van der Waals surface area contributed by atoms with Gasteiger partial charge in [-0.3, -0.25) is 0 Å². The van der Waals surface area contributed by atoms with Gasteiger partial charge in [0, 0.05) is 11.1 Å². The Hall–Kier alpha value is -2.33. The van der Waals surface area contributed by atoms with E-state index in [1.54, 1.807) is 48.5 Å². The Bertz CT molecular complexity index is 497. The van der Waals surface area contributed by atoms with Crippen LogP contribution in [0.15, 0.2) is 60.7 Å². The van der Waals surface area contributed by atoms with E-state index >= 15 is 0 Å². The van der Waals surface area contributed by atoms with Gasteiger partial charge >= 0.3 is 6.16 Å². The van der Waals surface area contributed by atoms with Crippen LogP contribution in [0.4, 0.5) is 4.79 Å². The maximum atomic E-state index is 11.0. The van der Waals surface area contributed by atoms with Crippen molar-refractivity contribution in [2.75, 3.05) is 6.61 Å². The van der Waals surface area contributed by atoms with Gasteiger partial charge in [0.2, 0.25) is 0 Å². The van der Waals surface area contributed by atoms with Crippen molar-refractivity contribution in [3.05, 3.63) is 71.8 Å². The third-order valence-corrected chi connectivity index (χ3v) is 2.96. The highest BCUT2D eigenvalue weighted by Gasteiger charge is 2.38. The molecule has 2 N–H and O–H groups in total. The standard InChI is InChI=1S/C15H14O4/c16-11-15(19-14(17)18,12-7-3-1-4-8-12)13-9-5-2-6-10-13/h1-10,16H,11H2,(H,17,18). The average Bonchev–Trinajstić information content (AvgIpc) is 2.46. The third-order valence-electron chi connectivity index (χ3n) is 2.96. The fourth-order valence-electron chi connectivity index (χ4n) is 2.06. The molecule has 0 fully saturated rings. The first-order valence-electron chi connectivity index (χ1n) is 5.83. The van der Waals surface area contributed by atoms with E-state index in [4.69, 9.17) is 9.84 Å². The first kappa shape index (κ1) is 13.1. The number of carbonyl (C=O) groups is 1. The predicted octanol–water partition coefficient (Wildman–Crippen LogP) is 2.62. The predicted molar refractivity (Wildman–Crippen MR) is 69.9 cm³/mol. The van der Waals surface area contributed by atoms with Gasteiger partial charge in [0.25, 0.3) is 0 Å². The molecule has 4 nitrogen and oxygen atoms in total. The van der Waals surface area contributed by atoms with Crippen LogP contribution in [0.5, 0.6) is 0 Å². The Balaban J connectivity index is 2.58. The minimum absolute atomic E-state index is 0.465. The summed E-state index contributed by atoms with van der Waals surface area (Å²) in [6.07, 6.45) is -1.43. The van der Waals surface area contributed by atoms with Gasteiger partial charge in [-0.1, -0.05) is 60.7 Å². The second-order valence-electron chi connectivity index (χ2n) is 4.09. The Labute approximate surface area is 110 Å². The molecule has 0 amide bonds. The van der Waals surface area contributed by atoms with Gasteiger partial charge < -0.3 is 14.9 Å². The summed E-state index contributed by atoms with van der Waals surface area (Å²) in [6.45, 7) is -0.465. The first-order chi connectivity index (χ1) is 9.19. The van der Waals surface area contributed by atoms with E-state index < -0.39 is 18.4 Å². The normalized spacial score (nSPS) is 11.0. The van der Waals surface area contributed by atoms with E-state index in [-0.39, 0.29) is 0 Å². The number of hydrogen-bond acceptors (Lipinski definition) is 3. The molecule has 0 heterocycles. The van der Waals surface area contributed by atoms with Crippen LogP contribution in [0.1, 0.15) is 11.1 Å². The SMILES string of the molecule is O=C(O)OC(CO)(c1ccccc1)c1ccccc1. The van der Waals surface area contributed by atoms with E-state index in [1.807, 2.05) is 12.1 Å². The molecule has 0 spiro atoms. The minimum Gasteiger partial charge on any atom is -0.450 e. The van der Waals surface area contributed by atoms with Crippen molar-refractivity contribution >= 4 is 6.16 Å². The zero-order chi connectivity index (χ0) is 13.7. The summed E-state index contributed by atoms with van der Waals surface area (Å²) in [6, 6.07) is 17.6. The van der Waals surface area contributed by atoms with Gasteiger partial charge in [-0.05, 0) is 0 Å². The Morgan fingerprint density at radius 2 is 1.37 bits per heavy atom. The number of benzene rings is 2. The van der Waals surface area contributed by atoms with Crippen molar-refractivity contribution in [1.29, 1.82) is 0 Å². The van der Waals surface area contributed by atoms with Crippen LogP contribution >= 0.6 is 0 Å². The van der Waals surface area contributed by atoms with Gasteiger partial charge in [-0.2, -0.15) is 0 Å². The lowest BCUT2D eigenvalue weighted by Crippen LogP contribution is -2.37. The number of ether oxygens (including phenoxy) is 1. The van der Waals surface area contributed by atoms with Gasteiger partial charge in [0.15, 0.2) is 5.60 Å². The Morgan fingerprint density at radius 3 is 1.68 bits per heavy atom. The molecule has 2 aromatic rings. The second kappa shape index (κ2) is 5.54. The Morgan fingerprint density at radius 1 is 0.947 bits per heavy atom. The molecular formula is C15H14O4. The monoisotopic (exact) mass is 258 g/mol. The van der Waals surface area contributed by atoms with Crippen molar-refractivity contribution < 1.29 is 19.7 Å². The van der Waals surface area contributed by atoms with Gasteiger partial charge in [-0.15, -0.1) is 0 Å². The lowest BCUT2D eigenvalue weighted by molar-refractivity contribution is -0.0300. The number of aliphatic hydroxyl groups is 1. The van der Waals surface area contributed by atoms with Crippen LogP contribution in [-0.2, 0) is 10.3 Å². The molecule has 0 aliphatic carbocycles. The quantitative estimate of drug-likeness (QED) is 0.827. The van der Waals surface area contributed by atoms with Gasteiger partial charge in [0.1, 0.15) is 0 Å². The topological polar surface area (TPSA) is 66.8 Å². The van der Waals surface area contributed by atoms with Crippen molar-refractivity contribution in [2.45, 2.75) is 5.60 Å². The lowest BCUT2D eigenvalue weighted by Gasteiger charge is -2.31. The molecule has 0 unspecified atom stereocenters. The highest BCUT2D eigenvalue weighted by molar-refractivity contribution is 5.59. The molecule has 0 radical (unpaired) electrons. The van der Waals surface area contributed by atoms with Crippen LogP contribution in [0.3, 0.4) is 0 Å². The molecule has 0 aliphatic rings. The van der Waals surface area contributed by atoms with Crippen LogP contribution in [-0.4, -0.2) is 23.0 Å². The minimum atomic E-state index is -1.43. The van der Waals surface area contributed by atoms with Crippen molar-refractivity contribution in [2.24, 2.45) is 0 Å². The highest BCUT2D eigenvalue weighted by atomic mass is 16.7. The first-order valence-corrected chi connectivity index (χ1v) is 5.83. The second-order valence-corrected chi connectivity index (χ2v) is 4.09. The average molecular weight is 258 g/mol. The third kappa shape index (κ3) is 2.58. The molecule has 0 aromatic heterocycles. The maximum absolute atomic E-state index is 11.0. The van der Waals surface area contributed by atoms with E-state index in [9.17, 15) is 9.90 Å². The van der Waals surface area contributed by atoms with Crippen molar-refractivity contribution in [3.63, 3.8) is 0 Å². The van der Waals surface area contributed by atoms with Crippen LogP contribution in [0.2, 0.25) is 0 Å². The highest BCUT2D eigenvalue weighted by Crippen LogP contribution is 2.33. The summed E-state index contributed by atoms with van der Waals surface area (Å²) >= 11 is 0. The molecule has 0 saturated carbocycles. The molecule has 19 heavy (non-hydrogen) atoms. The molecule has 98 valence electrons. The summed E-state index contributed by atoms with van der Waals surface area (Å²) in [7, 11) is 0. The molecule has 4 heteroatoms. The zero-order valence-corrected chi connectivity index (χ0v) is 10.2. The van der Waals surface area contributed by atoms with Crippen molar-refractivity contribution in [1.82, 2.24) is 0 Å². The molecule has 0 bridgehead atoms. The number of hydrogen-bond donors (Lipinski definition) is 2. The summed E-state index contributed by atoms with van der Waals surface area (Å²) in [4.78, 5) is 11.0. The molecule has 0 aliphatic heterocycles. The largest absolute Gasteiger partial charge is 0.507 e. The van der Waals surface area contributed by atoms with Gasteiger partial charge in [-0.25, -0.2) is 4.79 Å². The fourth-order valence-corrected chi connectivity index (χ4v) is 2.06. The van der Waals surface area contributed by atoms with E-state index in [0.29, 0.717) is 11.1 Å². The number of aliphatic hydroxyl groups excluding tert-OH is 1. The van der Waals surface area contributed by atoms with Crippen LogP contribution < -0.4 is 0 Å². The molecule has 0 saturated heterocycles. The van der Waals surface area contributed by atoms with E-state index in [0.717, 1.165) is 0 Å². The molecular weight excluding hydrogens is 244 g/mol. The maximum Gasteiger partial charge on any atom is 0.507 e. The number of carboxylic acid groups (broad SMARTS) is 1. The summed E-state index contributed by atoms with van der Waals surface area (Å²) in [5, 5.41) is 18.7. The fraction of sp³-hybridized carbons (Fsp3) is 0.133. The smallest absolute Gasteiger partial charge is 0.450 e. The zero-order valence-electron chi connectivity index (χ0n) is 10.2. The molecule has 0 atom stereocenters. The van der Waals surface area contributed by atoms with Gasteiger partial charge in [0.05, 0.1) is 6.61 Å². The summed E-state index contributed by atoms with van der Waals surface area (Å²) < 4.78 is 5.03. The van der Waals surface area contributed by atoms with E-state index in [1.165, 1.54) is 0 Å².